The summed E-state index contributed by atoms with van der Waals surface area (Å²) in [5.41, 5.74) is 3.73. The van der Waals surface area contributed by atoms with Crippen molar-refractivity contribution in [2.45, 2.75) is 0 Å². The topological polar surface area (TPSA) is 78.9 Å². The van der Waals surface area contributed by atoms with Crippen molar-refractivity contribution in [1.29, 1.82) is 5.26 Å². The van der Waals surface area contributed by atoms with Gasteiger partial charge in [-0.2, -0.15) is 5.26 Å². The van der Waals surface area contributed by atoms with Gasteiger partial charge >= 0.3 is 0 Å². The Morgan fingerprint density at radius 2 is 1.69 bits per heavy atom. The largest absolute Gasteiger partial charge is 0.436 e. The molecule has 0 saturated carbocycles. The number of fused-ring (bicyclic) bond motifs is 1. The van der Waals surface area contributed by atoms with E-state index in [9.17, 15) is 4.79 Å². The maximum Gasteiger partial charge on any atom is 0.255 e. The van der Waals surface area contributed by atoms with E-state index in [0.717, 1.165) is 5.52 Å². The number of anilines is 1. The van der Waals surface area contributed by atoms with Crippen LogP contribution in [0.2, 0.25) is 0 Å². The molecule has 5 heteroatoms. The maximum atomic E-state index is 12.5. The quantitative estimate of drug-likeness (QED) is 0.591. The first-order valence-corrected chi connectivity index (χ1v) is 8.01. The Hall–Kier alpha value is -3.91. The van der Waals surface area contributed by atoms with Gasteiger partial charge in [0.05, 0.1) is 22.9 Å². The predicted molar refractivity (Wildman–Crippen MR) is 98.6 cm³/mol. The Morgan fingerprint density at radius 1 is 0.962 bits per heavy atom. The van der Waals surface area contributed by atoms with E-state index in [1.54, 1.807) is 30.3 Å². The molecule has 1 aromatic heterocycles. The first kappa shape index (κ1) is 15.6. The Balaban J connectivity index is 1.67. The smallest absolute Gasteiger partial charge is 0.255 e. The fraction of sp³-hybridized carbons (Fsp3) is 0. The van der Waals surface area contributed by atoms with Crippen LogP contribution in [0.4, 0.5) is 5.69 Å². The minimum atomic E-state index is -0.266. The normalized spacial score (nSPS) is 10.4. The van der Waals surface area contributed by atoms with Crippen LogP contribution >= 0.6 is 0 Å². The average Bonchev–Trinajstić information content (AvgIpc) is 3.12. The second kappa shape index (κ2) is 6.54. The molecule has 0 fully saturated rings. The summed E-state index contributed by atoms with van der Waals surface area (Å²) in [5.74, 6) is 0.181. The summed E-state index contributed by atoms with van der Waals surface area (Å²) in [6.07, 6.45) is 0. The van der Waals surface area contributed by atoms with Crippen LogP contribution in [-0.4, -0.2) is 10.9 Å². The van der Waals surface area contributed by atoms with E-state index in [0.29, 0.717) is 33.9 Å². The lowest BCUT2D eigenvalue weighted by Gasteiger charge is -2.09. The van der Waals surface area contributed by atoms with Crippen LogP contribution < -0.4 is 5.32 Å². The van der Waals surface area contributed by atoms with Crippen molar-refractivity contribution >= 4 is 22.7 Å². The lowest BCUT2D eigenvalue weighted by atomic mass is 10.1. The molecule has 26 heavy (non-hydrogen) atoms. The molecule has 0 saturated heterocycles. The van der Waals surface area contributed by atoms with Crippen molar-refractivity contribution in [2.24, 2.45) is 0 Å². The van der Waals surface area contributed by atoms with Gasteiger partial charge in [0.25, 0.3) is 5.91 Å². The van der Waals surface area contributed by atoms with Crippen LogP contribution in [0.25, 0.3) is 22.6 Å². The molecule has 0 radical (unpaired) electrons. The third-order valence-corrected chi connectivity index (χ3v) is 3.98. The Kier molecular flexibility index (Phi) is 3.92. The number of rotatable bonds is 3. The SMILES string of the molecule is N#Cc1ccc(C(=O)Nc2ccccc2-c2nc3ccccc3o2)cc1. The summed E-state index contributed by atoms with van der Waals surface area (Å²) in [7, 11) is 0. The number of oxazole rings is 1. The summed E-state index contributed by atoms with van der Waals surface area (Å²) in [5, 5.41) is 11.7. The molecule has 0 aliphatic rings. The zero-order valence-corrected chi connectivity index (χ0v) is 13.6. The lowest BCUT2D eigenvalue weighted by Crippen LogP contribution is -2.12. The van der Waals surface area contributed by atoms with Crippen molar-refractivity contribution in [3.8, 4) is 17.5 Å². The number of benzene rings is 3. The number of amides is 1. The van der Waals surface area contributed by atoms with Gasteiger partial charge in [-0.15, -0.1) is 0 Å². The van der Waals surface area contributed by atoms with Crippen LogP contribution in [0.5, 0.6) is 0 Å². The molecule has 0 aliphatic carbocycles. The van der Waals surface area contributed by atoms with Crippen LogP contribution in [-0.2, 0) is 0 Å². The summed E-state index contributed by atoms with van der Waals surface area (Å²) >= 11 is 0. The predicted octanol–water partition coefficient (Wildman–Crippen LogP) is 4.62. The van der Waals surface area contributed by atoms with Crippen LogP contribution in [0.3, 0.4) is 0 Å². The van der Waals surface area contributed by atoms with E-state index < -0.39 is 0 Å². The second-order valence-electron chi connectivity index (χ2n) is 5.68. The summed E-state index contributed by atoms with van der Waals surface area (Å²) in [4.78, 5) is 17.0. The molecule has 4 rings (SSSR count). The Labute approximate surface area is 149 Å². The number of nitrogens with zero attached hydrogens (tertiary/aromatic N) is 2. The maximum absolute atomic E-state index is 12.5. The van der Waals surface area contributed by atoms with E-state index in [-0.39, 0.29) is 5.91 Å². The number of para-hydroxylation sites is 3. The van der Waals surface area contributed by atoms with Crippen molar-refractivity contribution in [3.05, 3.63) is 83.9 Å². The van der Waals surface area contributed by atoms with E-state index in [4.69, 9.17) is 9.68 Å². The molecule has 0 bridgehead atoms. The zero-order chi connectivity index (χ0) is 17.9. The fourth-order valence-corrected chi connectivity index (χ4v) is 2.66. The van der Waals surface area contributed by atoms with Crippen LogP contribution in [0.15, 0.2) is 77.2 Å². The molecule has 0 spiro atoms. The number of carbonyl (C=O) groups is 1. The Morgan fingerprint density at radius 3 is 2.46 bits per heavy atom. The van der Waals surface area contributed by atoms with Crippen molar-refractivity contribution in [2.75, 3.05) is 5.32 Å². The first-order valence-electron chi connectivity index (χ1n) is 8.01. The number of nitrogens with one attached hydrogen (secondary N) is 1. The summed E-state index contributed by atoms with van der Waals surface area (Å²) < 4.78 is 5.81. The highest BCUT2D eigenvalue weighted by molar-refractivity contribution is 6.06. The van der Waals surface area contributed by atoms with E-state index in [1.165, 1.54) is 0 Å². The summed E-state index contributed by atoms with van der Waals surface area (Å²) in [6.45, 7) is 0. The molecule has 3 aromatic carbocycles. The van der Waals surface area contributed by atoms with Crippen LogP contribution in [0, 0.1) is 11.3 Å². The minimum Gasteiger partial charge on any atom is -0.436 e. The minimum absolute atomic E-state index is 0.266. The molecule has 0 atom stereocenters. The van der Waals surface area contributed by atoms with Gasteiger partial charge in [0.1, 0.15) is 5.52 Å². The highest BCUT2D eigenvalue weighted by atomic mass is 16.3. The number of carbonyl (C=O) groups excluding carboxylic acids is 1. The fourth-order valence-electron chi connectivity index (χ4n) is 2.66. The molecular weight excluding hydrogens is 326 g/mol. The van der Waals surface area contributed by atoms with Crippen LogP contribution in [0.1, 0.15) is 15.9 Å². The molecule has 1 N–H and O–H groups in total. The molecule has 5 nitrogen and oxygen atoms in total. The average molecular weight is 339 g/mol. The van der Waals surface area contributed by atoms with Gasteiger partial charge in [-0.25, -0.2) is 4.98 Å². The zero-order valence-electron chi connectivity index (χ0n) is 13.6. The third kappa shape index (κ3) is 2.92. The third-order valence-electron chi connectivity index (χ3n) is 3.98. The number of hydrogen-bond acceptors (Lipinski definition) is 4. The highest BCUT2D eigenvalue weighted by Gasteiger charge is 2.14. The van der Waals surface area contributed by atoms with Gasteiger partial charge in [-0.3, -0.25) is 4.79 Å². The molecule has 0 aliphatic heterocycles. The van der Waals surface area contributed by atoms with Gasteiger partial charge < -0.3 is 9.73 Å². The van der Waals surface area contributed by atoms with Gasteiger partial charge in [-0.1, -0.05) is 24.3 Å². The molecule has 0 unspecified atom stereocenters. The molecule has 1 amide bonds. The van der Waals surface area contributed by atoms with Crippen molar-refractivity contribution < 1.29 is 9.21 Å². The molecule has 124 valence electrons. The van der Waals surface area contributed by atoms with Crippen molar-refractivity contribution in [3.63, 3.8) is 0 Å². The van der Waals surface area contributed by atoms with Gasteiger partial charge in [-0.05, 0) is 48.5 Å². The van der Waals surface area contributed by atoms with Gasteiger partial charge in [0.15, 0.2) is 5.58 Å². The van der Waals surface area contributed by atoms with E-state index >= 15 is 0 Å². The number of nitriles is 1. The van der Waals surface area contributed by atoms with Gasteiger partial charge in [0.2, 0.25) is 5.89 Å². The van der Waals surface area contributed by atoms with E-state index in [1.807, 2.05) is 48.5 Å². The number of hydrogen-bond donors (Lipinski definition) is 1. The molecular formula is C21H13N3O2. The van der Waals surface area contributed by atoms with E-state index in [2.05, 4.69) is 10.3 Å². The van der Waals surface area contributed by atoms with Crippen molar-refractivity contribution in [1.82, 2.24) is 4.98 Å². The van der Waals surface area contributed by atoms with Gasteiger partial charge in [0, 0.05) is 5.56 Å². The monoisotopic (exact) mass is 339 g/mol. The lowest BCUT2D eigenvalue weighted by molar-refractivity contribution is 0.102. The number of aromatic nitrogens is 1. The molecule has 1 heterocycles. The highest BCUT2D eigenvalue weighted by Crippen LogP contribution is 2.30. The standard InChI is InChI=1S/C21H13N3O2/c22-13-14-9-11-15(12-10-14)20(25)23-17-6-2-1-5-16(17)21-24-18-7-3-4-8-19(18)26-21/h1-12H,(H,23,25). The molecule has 4 aromatic rings. The first-order chi connectivity index (χ1) is 12.7. The second-order valence-corrected chi connectivity index (χ2v) is 5.68. The Bertz CT molecular complexity index is 1100. The summed E-state index contributed by atoms with van der Waals surface area (Å²) in [6, 6.07) is 23.3.